The highest BCUT2D eigenvalue weighted by Crippen LogP contribution is 2.35. The molecule has 0 spiro atoms. The van der Waals surface area contributed by atoms with Crippen LogP contribution in [-0.4, -0.2) is 23.5 Å². The molecule has 5 unspecified atom stereocenters. The van der Waals surface area contributed by atoms with Gasteiger partial charge in [0.05, 0.1) is 6.04 Å². The molecule has 2 heteroatoms. The van der Waals surface area contributed by atoms with Gasteiger partial charge in [0.1, 0.15) is 0 Å². The molecule has 5 atom stereocenters. The van der Waals surface area contributed by atoms with Gasteiger partial charge in [-0.25, -0.2) is 0 Å². The summed E-state index contributed by atoms with van der Waals surface area (Å²) in [6.07, 6.45) is 2.35. The summed E-state index contributed by atoms with van der Waals surface area (Å²) in [6, 6.07) is 10.1. The SMILES string of the molecule is CCC(N)C(c1ccc(C)cc1)N1CC(C)CC(C)C1C. The van der Waals surface area contributed by atoms with Crippen LogP contribution in [0.3, 0.4) is 0 Å². The van der Waals surface area contributed by atoms with Crippen LogP contribution in [0.1, 0.15) is 57.7 Å². The van der Waals surface area contributed by atoms with E-state index < -0.39 is 0 Å². The quantitative estimate of drug-likeness (QED) is 0.902. The molecule has 1 aromatic carbocycles. The molecule has 118 valence electrons. The van der Waals surface area contributed by atoms with E-state index in [1.807, 2.05) is 0 Å². The van der Waals surface area contributed by atoms with E-state index in [1.165, 1.54) is 17.5 Å². The van der Waals surface area contributed by atoms with Crippen molar-refractivity contribution >= 4 is 0 Å². The summed E-state index contributed by atoms with van der Waals surface area (Å²) >= 11 is 0. The van der Waals surface area contributed by atoms with Gasteiger partial charge in [0.15, 0.2) is 0 Å². The van der Waals surface area contributed by atoms with Crippen molar-refractivity contribution in [3.05, 3.63) is 35.4 Å². The molecule has 0 bridgehead atoms. The Bertz CT molecular complexity index is 439. The van der Waals surface area contributed by atoms with Crippen LogP contribution in [-0.2, 0) is 0 Å². The van der Waals surface area contributed by atoms with E-state index in [0.717, 1.165) is 24.8 Å². The van der Waals surface area contributed by atoms with Crippen LogP contribution in [0.25, 0.3) is 0 Å². The normalized spacial score (nSPS) is 30.1. The summed E-state index contributed by atoms with van der Waals surface area (Å²) in [4.78, 5) is 2.66. The standard InChI is InChI=1S/C19H32N2/c1-6-18(20)19(17-9-7-13(2)8-10-17)21-12-14(3)11-15(4)16(21)5/h7-10,14-16,18-19H,6,11-12,20H2,1-5H3. The Hall–Kier alpha value is -0.860. The maximum Gasteiger partial charge on any atom is 0.0502 e. The lowest BCUT2D eigenvalue weighted by atomic mass is 9.82. The van der Waals surface area contributed by atoms with Crippen LogP contribution in [0.2, 0.25) is 0 Å². The first kappa shape index (κ1) is 16.5. The van der Waals surface area contributed by atoms with E-state index in [9.17, 15) is 0 Å². The van der Waals surface area contributed by atoms with E-state index in [2.05, 4.69) is 63.8 Å². The Kier molecular flexibility index (Phi) is 5.45. The number of hydrogen-bond donors (Lipinski definition) is 1. The maximum absolute atomic E-state index is 6.53. The van der Waals surface area contributed by atoms with Gasteiger partial charge in [0, 0.05) is 18.6 Å². The molecule has 1 saturated heterocycles. The molecule has 1 aromatic rings. The number of nitrogens with zero attached hydrogens (tertiary/aromatic N) is 1. The first-order valence-electron chi connectivity index (χ1n) is 8.51. The molecule has 2 N–H and O–H groups in total. The number of hydrogen-bond acceptors (Lipinski definition) is 2. The molecule has 0 radical (unpaired) electrons. The Morgan fingerprint density at radius 1 is 1.19 bits per heavy atom. The van der Waals surface area contributed by atoms with Gasteiger partial charge in [-0.3, -0.25) is 4.90 Å². The van der Waals surface area contributed by atoms with Crippen molar-refractivity contribution in [2.45, 2.75) is 65.6 Å². The number of rotatable bonds is 4. The lowest BCUT2D eigenvalue weighted by Gasteiger charge is -2.47. The summed E-state index contributed by atoms with van der Waals surface area (Å²) < 4.78 is 0. The van der Waals surface area contributed by atoms with Gasteiger partial charge in [-0.05, 0) is 44.1 Å². The summed E-state index contributed by atoms with van der Waals surface area (Å²) in [6.45, 7) is 12.6. The molecular weight excluding hydrogens is 256 g/mol. The predicted octanol–water partition coefficient (Wildman–Crippen LogP) is 4.14. The fourth-order valence-electron chi connectivity index (χ4n) is 3.80. The zero-order valence-electron chi connectivity index (χ0n) is 14.3. The van der Waals surface area contributed by atoms with E-state index in [1.54, 1.807) is 0 Å². The molecule has 0 aliphatic carbocycles. The third kappa shape index (κ3) is 3.67. The van der Waals surface area contributed by atoms with Crippen molar-refractivity contribution < 1.29 is 0 Å². The Morgan fingerprint density at radius 3 is 2.38 bits per heavy atom. The van der Waals surface area contributed by atoms with Crippen molar-refractivity contribution in [2.24, 2.45) is 17.6 Å². The average molecular weight is 288 g/mol. The van der Waals surface area contributed by atoms with Gasteiger partial charge in [-0.15, -0.1) is 0 Å². The zero-order valence-corrected chi connectivity index (χ0v) is 14.3. The number of piperidine rings is 1. The summed E-state index contributed by atoms with van der Waals surface area (Å²) in [5, 5.41) is 0. The first-order valence-corrected chi connectivity index (χ1v) is 8.51. The van der Waals surface area contributed by atoms with Crippen LogP contribution in [0.4, 0.5) is 0 Å². The van der Waals surface area contributed by atoms with Crippen LogP contribution in [0, 0.1) is 18.8 Å². The fraction of sp³-hybridized carbons (Fsp3) is 0.684. The molecule has 0 amide bonds. The fourth-order valence-corrected chi connectivity index (χ4v) is 3.80. The Morgan fingerprint density at radius 2 is 1.81 bits per heavy atom. The maximum atomic E-state index is 6.53. The van der Waals surface area contributed by atoms with E-state index in [0.29, 0.717) is 12.1 Å². The van der Waals surface area contributed by atoms with Crippen molar-refractivity contribution in [3.63, 3.8) is 0 Å². The minimum absolute atomic E-state index is 0.202. The summed E-state index contributed by atoms with van der Waals surface area (Å²) in [5.41, 5.74) is 9.22. The van der Waals surface area contributed by atoms with Crippen molar-refractivity contribution in [2.75, 3.05) is 6.54 Å². The van der Waals surface area contributed by atoms with Crippen LogP contribution < -0.4 is 5.73 Å². The number of likely N-dealkylation sites (tertiary alicyclic amines) is 1. The molecule has 1 heterocycles. The third-order valence-electron chi connectivity index (χ3n) is 5.30. The summed E-state index contributed by atoms with van der Waals surface area (Å²) in [7, 11) is 0. The molecule has 0 saturated carbocycles. The Balaban J connectivity index is 2.33. The molecule has 1 fully saturated rings. The highest BCUT2D eigenvalue weighted by atomic mass is 15.2. The first-order chi connectivity index (χ1) is 9.93. The van der Waals surface area contributed by atoms with Crippen LogP contribution in [0.5, 0.6) is 0 Å². The van der Waals surface area contributed by atoms with Crippen molar-refractivity contribution in [1.29, 1.82) is 0 Å². The third-order valence-corrected chi connectivity index (χ3v) is 5.30. The van der Waals surface area contributed by atoms with Gasteiger partial charge in [-0.1, -0.05) is 50.6 Å². The van der Waals surface area contributed by atoms with Gasteiger partial charge >= 0.3 is 0 Å². The number of benzene rings is 1. The Labute approximate surface area is 130 Å². The minimum atomic E-state index is 0.202. The molecular formula is C19H32N2. The van der Waals surface area contributed by atoms with Crippen LogP contribution >= 0.6 is 0 Å². The highest BCUT2D eigenvalue weighted by Gasteiger charge is 2.36. The highest BCUT2D eigenvalue weighted by molar-refractivity contribution is 5.25. The van der Waals surface area contributed by atoms with Crippen molar-refractivity contribution in [3.8, 4) is 0 Å². The topological polar surface area (TPSA) is 29.3 Å². The van der Waals surface area contributed by atoms with E-state index in [4.69, 9.17) is 5.73 Å². The number of nitrogens with two attached hydrogens (primary N) is 1. The molecule has 2 rings (SSSR count). The molecule has 0 aromatic heterocycles. The van der Waals surface area contributed by atoms with Gasteiger partial charge in [0.2, 0.25) is 0 Å². The molecule has 1 aliphatic heterocycles. The van der Waals surface area contributed by atoms with E-state index in [-0.39, 0.29) is 6.04 Å². The van der Waals surface area contributed by atoms with Gasteiger partial charge in [0.25, 0.3) is 0 Å². The lowest BCUT2D eigenvalue weighted by Crippen LogP contribution is -2.52. The second-order valence-electron chi connectivity index (χ2n) is 7.18. The summed E-state index contributed by atoms with van der Waals surface area (Å²) in [5.74, 6) is 1.50. The molecule has 2 nitrogen and oxygen atoms in total. The van der Waals surface area contributed by atoms with E-state index >= 15 is 0 Å². The molecule has 1 aliphatic rings. The molecule has 21 heavy (non-hydrogen) atoms. The average Bonchev–Trinajstić information content (AvgIpc) is 2.46. The second-order valence-corrected chi connectivity index (χ2v) is 7.18. The zero-order chi connectivity index (χ0) is 15.6. The predicted molar refractivity (Wildman–Crippen MR) is 91.3 cm³/mol. The van der Waals surface area contributed by atoms with Gasteiger partial charge < -0.3 is 5.73 Å². The smallest absolute Gasteiger partial charge is 0.0502 e. The number of aryl methyl sites for hydroxylation is 1. The largest absolute Gasteiger partial charge is 0.326 e. The van der Waals surface area contributed by atoms with Crippen molar-refractivity contribution in [1.82, 2.24) is 4.90 Å². The van der Waals surface area contributed by atoms with Crippen LogP contribution in [0.15, 0.2) is 24.3 Å². The minimum Gasteiger partial charge on any atom is -0.326 e. The monoisotopic (exact) mass is 288 g/mol. The lowest BCUT2D eigenvalue weighted by molar-refractivity contribution is 0.0287. The second kappa shape index (κ2) is 6.93. The van der Waals surface area contributed by atoms with Gasteiger partial charge in [-0.2, -0.15) is 0 Å².